The van der Waals surface area contributed by atoms with E-state index in [1.54, 1.807) is 18.2 Å². The summed E-state index contributed by atoms with van der Waals surface area (Å²) in [6, 6.07) is 4.99. The van der Waals surface area contributed by atoms with Crippen LogP contribution in [0.2, 0.25) is 23.2 Å². The Labute approximate surface area is 127 Å². The predicted molar refractivity (Wildman–Crippen MR) is 85.5 cm³/mol. The Morgan fingerprint density at radius 3 is 2.40 bits per heavy atom. The summed E-state index contributed by atoms with van der Waals surface area (Å²) in [5, 5.41) is 0.637. The maximum Gasteiger partial charge on any atom is 0.192 e. The number of benzene rings is 1. The van der Waals surface area contributed by atoms with Crippen LogP contribution >= 0.6 is 11.6 Å². The van der Waals surface area contributed by atoms with E-state index >= 15 is 0 Å². The molecule has 0 atom stereocenters. The van der Waals surface area contributed by atoms with Crippen LogP contribution < -0.4 is 4.74 Å². The average molecular weight is 315 g/mol. The SMILES string of the molecule is CC(C)(C)[Si](C)(C)OCCOc1ccc(C=O)cc1Cl. The van der Waals surface area contributed by atoms with E-state index in [9.17, 15) is 4.79 Å². The van der Waals surface area contributed by atoms with Gasteiger partial charge in [-0.1, -0.05) is 32.4 Å². The number of rotatable bonds is 6. The van der Waals surface area contributed by atoms with Gasteiger partial charge in [0.2, 0.25) is 0 Å². The Morgan fingerprint density at radius 1 is 1.25 bits per heavy atom. The van der Waals surface area contributed by atoms with Crippen molar-refractivity contribution in [2.45, 2.75) is 38.9 Å². The molecular weight excluding hydrogens is 292 g/mol. The molecule has 0 heterocycles. The Hall–Kier alpha value is -0.843. The van der Waals surface area contributed by atoms with Crippen LogP contribution in [0.3, 0.4) is 0 Å². The first-order chi connectivity index (χ1) is 9.17. The molecular formula is C15H23ClO3Si. The predicted octanol–water partition coefficient (Wildman–Crippen LogP) is 4.55. The number of hydrogen-bond donors (Lipinski definition) is 0. The highest BCUT2D eigenvalue weighted by Crippen LogP contribution is 2.36. The highest BCUT2D eigenvalue weighted by atomic mass is 35.5. The molecule has 0 aliphatic rings. The lowest BCUT2D eigenvalue weighted by molar-refractivity contribution is 0.112. The van der Waals surface area contributed by atoms with Crippen LogP contribution in [-0.2, 0) is 4.43 Å². The molecule has 0 unspecified atom stereocenters. The van der Waals surface area contributed by atoms with Gasteiger partial charge in [-0.25, -0.2) is 0 Å². The topological polar surface area (TPSA) is 35.5 Å². The smallest absolute Gasteiger partial charge is 0.192 e. The summed E-state index contributed by atoms with van der Waals surface area (Å²) in [7, 11) is -1.73. The van der Waals surface area contributed by atoms with E-state index in [0.717, 1.165) is 6.29 Å². The minimum atomic E-state index is -1.73. The lowest BCUT2D eigenvalue weighted by atomic mass is 10.2. The van der Waals surface area contributed by atoms with Crippen LogP contribution in [0, 0.1) is 0 Å². The lowest BCUT2D eigenvalue weighted by Crippen LogP contribution is -2.41. The molecule has 3 nitrogen and oxygen atoms in total. The Balaban J connectivity index is 2.48. The quantitative estimate of drug-likeness (QED) is 0.439. The first-order valence-corrected chi connectivity index (χ1v) is 9.97. The van der Waals surface area contributed by atoms with Crippen molar-refractivity contribution in [1.82, 2.24) is 0 Å². The summed E-state index contributed by atoms with van der Waals surface area (Å²) in [5.74, 6) is 0.580. The molecule has 5 heteroatoms. The number of carbonyl (C=O) groups is 1. The van der Waals surface area contributed by atoms with Gasteiger partial charge in [0.25, 0.3) is 0 Å². The second kappa shape index (κ2) is 6.74. The van der Waals surface area contributed by atoms with Crippen molar-refractivity contribution in [1.29, 1.82) is 0 Å². The first-order valence-electron chi connectivity index (χ1n) is 6.69. The molecule has 0 aliphatic carbocycles. The summed E-state index contributed by atoms with van der Waals surface area (Å²) in [4.78, 5) is 10.6. The minimum absolute atomic E-state index is 0.191. The molecule has 1 rings (SSSR count). The van der Waals surface area contributed by atoms with Gasteiger partial charge >= 0.3 is 0 Å². The second-order valence-corrected chi connectivity index (χ2v) is 11.5. The van der Waals surface area contributed by atoms with Crippen molar-refractivity contribution in [3.8, 4) is 5.75 Å². The van der Waals surface area contributed by atoms with Gasteiger partial charge in [-0.15, -0.1) is 0 Å². The van der Waals surface area contributed by atoms with Crippen molar-refractivity contribution >= 4 is 26.2 Å². The fraction of sp³-hybridized carbons (Fsp3) is 0.533. The van der Waals surface area contributed by atoms with Crippen molar-refractivity contribution in [3.63, 3.8) is 0 Å². The standard InChI is InChI=1S/C15H23ClO3Si/c1-15(2,3)20(4,5)19-9-8-18-14-7-6-12(11-17)10-13(14)16/h6-7,10-11H,8-9H2,1-5H3. The van der Waals surface area contributed by atoms with Gasteiger partial charge in [0.1, 0.15) is 18.6 Å². The number of aldehydes is 1. The molecule has 0 bridgehead atoms. The zero-order valence-electron chi connectivity index (χ0n) is 12.8. The summed E-state index contributed by atoms with van der Waals surface area (Å²) < 4.78 is 11.6. The highest BCUT2D eigenvalue weighted by Gasteiger charge is 2.36. The van der Waals surface area contributed by atoms with Gasteiger partial charge in [-0.05, 0) is 36.3 Å². The van der Waals surface area contributed by atoms with Gasteiger partial charge < -0.3 is 9.16 Å². The zero-order chi connectivity index (χ0) is 15.4. The zero-order valence-corrected chi connectivity index (χ0v) is 14.6. The third-order valence-corrected chi connectivity index (χ3v) is 8.54. The summed E-state index contributed by atoms with van der Waals surface area (Å²) in [5.41, 5.74) is 0.542. The van der Waals surface area contributed by atoms with Crippen LogP contribution in [0.25, 0.3) is 0 Å². The number of hydrogen-bond acceptors (Lipinski definition) is 3. The molecule has 0 amide bonds. The number of halogens is 1. The molecule has 20 heavy (non-hydrogen) atoms. The van der Waals surface area contributed by atoms with Gasteiger partial charge in [-0.3, -0.25) is 4.79 Å². The molecule has 0 spiro atoms. The van der Waals surface area contributed by atoms with E-state index in [0.29, 0.717) is 29.5 Å². The van der Waals surface area contributed by atoms with Crippen molar-refractivity contribution in [2.75, 3.05) is 13.2 Å². The van der Waals surface area contributed by atoms with Crippen molar-refractivity contribution in [2.24, 2.45) is 0 Å². The Bertz CT molecular complexity index is 467. The van der Waals surface area contributed by atoms with E-state index < -0.39 is 8.32 Å². The lowest BCUT2D eigenvalue weighted by Gasteiger charge is -2.36. The van der Waals surface area contributed by atoms with E-state index in [4.69, 9.17) is 20.8 Å². The van der Waals surface area contributed by atoms with Crippen LogP contribution in [0.1, 0.15) is 31.1 Å². The molecule has 0 N–H and O–H groups in total. The van der Waals surface area contributed by atoms with Gasteiger partial charge in [0, 0.05) is 5.56 Å². The maximum atomic E-state index is 10.6. The first kappa shape index (κ1) is 17.2. The third-order valence-electron chi connectivity index (χ3n) is 3.70. The van der Waals surface area contributed by atoms with Gasteiger partial charge in [0.05, 0.1) is 11.6 Å². The number of carbonyl (C=O) groups excluding carboxylic acids is 1. The molecule has 112 valence electrons. The largest absolute Gasteiger partial charge is 0.490 e. The van der Waals surface area contributed by atoms with Crippen LogP contribution in [-0.4, -0.2) is 27.8 Å². The van der Waals surface area contributed by atoms with Crippen LogP contribution in [0.5, 0.6) is 5.75 Å². The van der Waals surface area contributed by atoms with E-state index in [-0.39, 0.29) is 5.04 Å². The molecule has 0 saturated heterocycles. The van der Waals surface area contributed by atoms with Crippen LogP contribution in [0.15, 0.2) is 18.2 Å². The Kier molecular flexibility index (Phi) is 5.80. The van der Waals surface area contributed by atoms with E-state index in [2.05, 4.69) is 33.9 Å². The normalized spacial score (nSPS) is 12.3. The fourth-order valence-electron chi connectivity index (χ4n) is 1.37. The molecule has 0 aliphatic heterocycles. The van der Waals surface area contributed by atoms with Gasteiger partial charge in [-0.2, -0.15) is 0 Å². The number of ether oxygens (including phenoxy) is 1. The molecule has 1 aromatic carbocycles. The minimum Gasteiger partial charge on any atom is -0.490 e. The summed E-state index contributed by atoms with van der Waals surface area (Å²) in [6.45, 7) is 12.0. The third kappa shape index (κ3) is 4.61. The molecule has 0 aromatic heterocycles. The van der Waals surface area contributed by atoms with Gasteiger partial charge in [0.15, 0.2) is 8.32 Å². The van der Waals surface area contributed by atoms with E-state index in [1.807, 2.05) is 0 Å². The average Bonchev–Trinajstić information content (AvgIpc) is 2.34. The monoisotopic (exact) mass is 314 g/mol. The Morgan fingerprint density at radius 2 is 1.90 bits per heavy atom. The summed E-state index contributed by atoms with van der Waals surface area (Å²) >= 11 is 6.03. The second-order valence-electron chi connectivity index (χ2n) is 6.26. The molecule has 0 radical (unpaired) electrons. The van der Waals surface area contributed by atoms with Crippen LogP contribution in [0.4, 0.5) is 0 Å². The van der Waals surface area contributed by atoms with Crippen molar-refractivity contribution < 1.29 is 14.0 Å². The molecule has 0 saturated carbocycles. The highest BCUT2D eigenvalue weighted by molar-refractivity contribution is 6.74. The summed E-state index contributed by atoms with van der Waals surface area (Å²) in [6.07, 6.45) is 0.760. The fourth-order valence-corrected chi connectivity index (χ4v) is 2.64. The van der Waals surface area contributed by atoms with E-state index in [1.165, 1.54) is 0 Å². The maximum absolute atomic E-state index is 10.6. The molecule has 1 aromatic rings. The van der Waals surface area contributed by atoms with Crippen molar-refractivity contribution in [3.05, 3.63) is 28.8 Å². The molecule has 0 fully saturated rings.